The standard InChI is InChI=1S/C21H26N2O3/c1-17-8-5-6-11-19(17)26-15-7-12-20(24)22-13-14-23-21(25)16-18-9-3-2-4-10-18/h2-6,8-11H,7,12-16H2,1H3,(H,22,24)(H,23,25). The van der Waals surface area contributed by atoms with Crippen molar-refractivity contribution >= 4 is 11.8 Å². The van der Waals surface area contributed by atoms with E-state index in [-0.39, 0.29) is 11.8 Å². The van der Waals surface area contributed by atoms with Crippen LogP contribution in [-0.2, 0) is 16.0 Å². The van der Waals surface area contributed by atoms with E-state index in [1.54, 1.807) is 0 Å². The molecule has 2 aromatic carbocycles. The molecule has 0 aromatic heterocycles. The van der Waals surface area contributed by atoms with Gasteiger partial charge in [-0.2, -0.15) is 0 Å². The number of para-hydroxylation sites is 1. The molecule has 2 aromatic rings. The molecular formula is C21H26N2O3. The van der Waals surface area contributed by atoms with Gasteiger partial charge in [-0.05, 0) is 30.5 Å². The lowest BCUT2D eigenvalue weighted by atomic mass is 10.1. The van der Waals surface area contributed by atoms with Crippen LogP contribution in [0.2, 0.25) is 0 Å². The molecule has 0 atom stereocenters. The Morgan fingerprint density at radius 1 is 0.885 bits per heavy atom. The van der Waals surface area contributed by atoms with E-state index in [0.717, 1.165) is 16.9 Å². The minimum absolute atomic E-state index is 0.0318. The Balaban J connectivity index is 1.51. The molecule has 5 nitrogen and oxygen atoms in total. The maximum Gasteiger partial charge on any atom is 0.224 e. The summed E-state index contributed by atoms with van der Waals surface area (Å²) in [5.41, 5.74) is 2.06. The Hall–Kier alpha value is -2.82. The summed E-state index contributed by atoms with van der Waals surface area (Å²) >= 11 is 0. The summed E-state index contributed by atoms with van der Waals surface area (Å²) in [6, 6.07) is 17.4. The molecule has 0 radical (unpaired) electrons. The molecule has 0 saturated carbocycles. The number of benzene rings is 2. The van der Waals surface area contributed by atoms with Gasteiger partial charge in [0.05, 0.1) is 13.0 Å². The molecule has 0 fully saturated rings. The van der Waals surface area contributed by atoms with Crippen LogP contribution in [0.3, 0.4) is 0 Å². The average molecular weight is 354 g/mol. The summed E-state index contributed by atoms with van der Waals surface area (Å²) in [6.45, 7) is 3.36. The highest BCUT2D eigenvalue weighted by molar-refractivity contribution is 5.78. The number of nitrogens with one attached hydrogen (secondary N) is 2. The predicted octanol–water partition coefficient (Wildman–Crippen LogP) is 2.63. The van der Waals surface area contributed by atoms with Crippen molar-refractivity contribution in [3.05, 3.63) is 65.7 Å². The molecule has 2 rings (SSSR count). The number of amides is 2. The first-order chi connectivity index (χ1) is 12.6. The van der Waals surface area contributed by atoms with Crippen molar-refractivity contribution in [2.45, 2.75) is 26.2 Å². The summed E-state index contributed by atoms with van der Waals surface area (Å²) in [6.07, 6.45) is 1.41. The first kappa shape index (κ1) is 19.5. The van der Waals surface area contributed by atoms with Crippen LogP contribution in [0.5, 0.6) is 5.75 Å². The van der Waals surface area contributed by atoms with Crippen LogP contribution in [0.25, 0.3) is 0 Å². The summed E-state index contributed by atoms with van der Waals surface area (Å²) in [7, 11) is 0. The molecule has 2 N–H and O–H groups in total. The minimum atomic E-state index is -0.0444. The van der Waals surface area contributed by atoms with Crippen molar-refractivity contribution in [2.75, 3.05) is 19.7 Å². The molecule has 0 spiro atoms. The van der Waals surface area contributed by atoms with Crippen molar-refractivity contribution in [3.63, 3.8) is 0 Å². The van der Waals surface area contributed by atoms with E-state index < -0.39 is 0 Å². The van der Waals surface area contributed by atoms with E-state index in [4.69, 9.17) is 4.74 Å². The molecule has 0 unspecified atom stereocenters. The molecule has 2 amide bonds. The third-order valence-electron chi connectivity index (χ3n) is 3.88. The third-order valence-corrected chi connectivity index (χ3v) is 3.88. The largest absolute Gasteiger partial charge is 0.493 e. The van der Waals surface area contributed by atoms with Crippen LogP contribution < -0.4 is 15.4 Å². The van der Waals surface area contributed by atoms with Gasteiger partial charge in [-0.15, -0.1) is 0 Å². The highest BCUT2D eigenvalue weighted by Gasteiger charge is 2.04. The number of hydrogen-bond acceptors (Lipinski definition) is 3. The summed E-state index contributed by atoms with van der Waals surface area (Å²) < 4.78 is 5.66. The van der Waals surface area contributed by atoms with Crippen LogP contribution in [-0.4, -0.2) is 31.5 Å². The van der Waals surface area contributed by atoms with Gasteiger partial charge in [0.15, 0.2) is 0 Å². The Morgan fingerprint density at radius 3 is 2.27 bits per heavy atom. The molecule has 0 aliphatic heterocycles. The van der Waals surface area contributed by atoms with Gasteiger partial charge in [-0.25, -0.2) is 0 Å². The number of carbonyl (C=O) groups is 2. The van der Waals surface area contributed by atoms with Crippen LogP contribution in [0.4, 0.5) is 0 Å². The van der Waals surface area contributed by atoms with E-state index in [1.165, 1.54) is 0 Å². The number of aryl methyl sites for hydroxylation is 1. The molecule has 0 aliphatic rings. The van der Waals surface area contributed by atoms with Crippen LogP contribution in [0.1, 0.15) is 24.0 Å². The number of hydrogen-bond donors (Lipinski definition) is 2. The zero-order chi connectivity index (χ0) is 18.6. The summed E-state index contributed by atoms with van der Waals surface area (Å²) in [5.74, 6) is 0.779. The summed E-state index contributed by atoms with van der Waals surface area (Å²) in [5, 5.41) is 5.61. The molecule has 5 heteroatoms. The molecule has 138 valence electrons. The van der Waals surface area contributed by atoms with E-state index in [0.29, 0.717) is 39.0 Å². The SMILES string of the molecule is Cc1ccccc1OCCCC(=O)NCCNC(=O)Cc1ccccc1. The van der Waals surface area contributed by atoms with E-state index in [9.17, 15) is 9.59 Å². The van der Waals surface area contributed by atoms with E-state index >= 15 is 0 Å². The van der Waals surface area contributed by atoms with Gasteiger partial charge in [-0.1, -0.05) is 48.5 Å². The zero-order valence-electron chi connectivity index (χ0n) is 15.2. The Bertz CT molecular complexity index is 701. The van der Waals surface area contributed by atoms with Gasteiger partial charge < -0.3 is 15.4 Å². The Morgan fingerprint density at radius 2 is 1.54 bits per heavy atom. The number of ether oxygens (including phenoxy) is 1. The molecule has 0 bridgehead atoms. The minimum Gasteiger partial charge on any atom is -0.493 e. The number of rotatable bonds is 10. The average Bonchev–Trinajstić information content (AvgIpc) is 2.64. The first-order valence-corrected chi connectivity index (χ1v) is 8.91. The predicted molar refractivity (Wildman–Crippen MR) is 102 cm³/mol. The lowest BCUT2D eigenvalue weighted by Crippen LogP contribution is -2.35. The second kappa shape index (κ2) is 10.9. The smallest absolute Gasteiger partial charge is 0.224 e. The second-order valence-corrected chi connectivity index (χ2v) is 6.08. The molecule has 26 heavy (non-hydrogen) atoms. The highest BCUT2D eigenvalue weighted by Crippen LogP contribution is 2.16. The van der Waals surface area contributed by atoms with Gasteiger partial charge >= 0.3 is 0 Å². The van der Waals surface area contributed by atoms with E-state index in [2.05, 4.69) is 10.6 Å². The zero-order valence-corrected chi connectivity index (χ0v) is 15.2. The normalized spacial score (nSPS) is 10.2. The van der Waals surface area contributed by atoms with Gasteiger partial charge in [0.2, 0.25) is 11.8 Å². The van der Waals surface area contributed by atoms with Gasteiger partial charge in [0.25, 0.3) is 0 Å². The van der Waals surface area contributed by atoms with Crippen molar-refractivity contribution < 1.29 is 14.3 Å². The van der Waals surface area contributed by atoms with Crippen LogP contribution in [0.15, 0.2) is 54.6 Å². The maximum atomic E-state index is 11.8. The fraction of sp³-hybridized carbons (Fsp3) is 0.333. The maximum absolute atomic E-state index is 11.8. The van der Waals surface area contributed by atoms with Gasteiger partial charge in [0.1, 0.15) is 5.75 Å². The fourth-order valence-corrected chi connectivity index (χ4v) is 2.47. The lowest BCUT2D eigenvalue weighted by Gasteiger charge is -2.09. The van der Waals surface area contributed by atoms with Crippen molar-refractivity contribution in [3.8, 4) is 5.75 Å². The second-order valence-electron chi connectivity index (χ2n) is 6.08. The monoisotopic (exact) mass is 354 g/mol. The van der Waals surface area contributed by atoms with Crippen molar-refractivity contribution in [1.82, 2.24) is 10.6 Å². The quantitative estimate of drug-likeness (QED) is 0.645. The molecular weight excluding hydrogens is 328 g/mol. The molecule has 0 aliphatic carbocycles. The van der Waals surface area contributed by atoms with Gasteiger partial charge in [-0.3, -0.25) is 9.59 Å². The van der Waals surface area contributed by atoms with Crippen LogP contribution in [0, 0.1) is 6.92 Å². The Labute approximate surface area is 154 Å². The summed E-state index contributed by atoms with van der Waals surface area (Å²) in [4.78, 5) is 23.6. The van der Waals surface area contributed by atoms with Crippen LogP contribution >= 0.6 is 0 Å². The molecule has 0 heterocycles. The first-order valence-electron chi connectivity index (χ1n) is 8.91. The van der Waals surface area contributed by atoms with E-state index in [1.807, 2.05) is 61.5 Å². The van der Waals surface area contributed by atoms with Crippen molar-refractivity contribution in [2.24, 2.45) is 0 Å². The topological polar surface area (TPSA) is 67.4 Å². The molecule has 0 saturated heterocycles. The lowest BCUT2D eigenvalue weighted by molar-refractivity contribution is -0.122. The van der Waals surface area contributed by atoms with Gasteiger partial charge in [0, 0.05) is 19.5 Å². The Kier molecular flexibility index (Phi) is 8.19. The fourth-order valence-electron chi connectivity index (χ4n) is 2.47. The third kappa shape index (κ3) is 7.38. The van der Waals surface area contributed by atoms with Crippen molar-refractivity contribution in [1.29, 1.82) is 0 Å². The number of carbonyl (C=O) groups excluding carboxylic acids is 2. The highest BCUT2D eigenvalue weighted by atomic mass is 16.5.